The molecule has 0 aliphatic heterocycles. The first-order chi connectivity index (χ1) is 11.3. The van der Waals surface area contributed by atoms with Gasteiger partial charge in [-0.3, -0.25) is 9.10 Å². The van der Waals surface area contributed by atoms with E-state index in [0.717, 1.165) is 36.8 Å². The van der Waals surface area contributed by atoms with Crippen LogP contribution in [0.3, 0.4) is 0 Å². The maximum absolute atomic E-state index is 12.3. The zero-order chi connectivity index (χ0) is 18.2. The molecule has 1 aromatic carbocycles. The van der Waals surface area contributed by atoms with E-state index in [9.17, 15) is 13.2 Å². The molecule has 0 aliphatic carbocycles. The molecule has 6 heteroatoms. The summed E-state index contributed by atoms with van der Waals surface area (Å²) in [4.78, 5) is 12.0. The number of nitrogens with zero attached hydrogens (tertiary/aromatic N) is 1. The Morgan fingerprint density at radius 1 is 1.21 bits per heavy atom. The summed E-state index contributed by atoms with van der Waals surface area (Å²) >= 11 is 0. The third-order valence-corrected chi connectivity index (χ3v) is 5.16. The average Bonchev–Trinajstić information content (AvgIpc) is 2.51. The minimum Gasteiger partial charge on any atom is -0.356 e. The molecule has 0 saturated heterocycles. The fourth-order valence-electron chi connectivity index (χ4n) is 2.70. The maximum Gasteiger partial charge on any atom is 0.232 e. The number of anilines is 1. The SMILES string of the molecule is CCCCCNC(=O)CCN(c1c(C)cccc1CC)S(C)(=O)=O. The van der Waals surface area contributed by atoms with Gasteiger partial charge in [-0.05, 0) is 30.9 Å². The van der Waals surface area contributed by atoms with Crippen LogP contribution >= 0.6 is 0 Å². The molecule has 0 bridgehead atoms. The highest BCUT2D eigenvalue weighted by molar-refractivity contribution is 7.92. The van der Waals surface area contributed by atoms with E-state index < -0.39 is 10.0 Å². The van der Waals surface area contributed by atoms with Crippen LogP contribution in [0.2, 0.25) is 0 Å². The Bertz CT molecular complexity index is 642. The van der Waals surface area contributed by atoms with Crippen molar-refractivity contribution < 1.29 is 13.2 Å². The lowest BCUT2D eigenvalue weighted by atomic mass is 10.1. The van der Waals surface area contributed by atoms with Gasteiger partial charge in [0.25, 0.3) is 0 Å². The molecule has 1 amide bonds. The number of carbonyl (C=O) groups excluding carboxylic acids is 1. The van der Waals surface area contributed by atoms with Crippen LogP contribution in [-0.4, -0.2) is 33.7 Å². The topological polar surface area (TPSA) is 66.5 Å². The van der Waals surface area contributed by atoms with Crippen LogP contribution in [0.15, 0.2) is 18.2 Å². The van der Waals surface area contributed by atoms with Gasteiger partial charge < -0.3 is 5.32 Å². The summed E-state index contributed by atoms with van der Waals surface area (Å²) in [5, 5.41) is 2.86. The Morgan fingerprint density at radius 2 is 1.92 bits per heavy atom. The molecule has 5 nitrogen and oxygen atoms in total. The Morgan fingerprint density at radius 3 is 2.50 bits per heavy atom. The fraction of sp³-hybridized carbons (Fsp3) is 0.611. The predicted octanol–water partition coefficient (Wildman–Crippen LogP) is 3.02. The summed E-state index contributed by atoms with van der Waals surface area (Å²) in [6, 6.07) is 5.77. The second-order valence-corrected chi connectivity index (χ2v) is 7.99. The van der Waals surface area contributed by atoms with Crippen molar-refractivity contribution in [3.63, 3.8) is 0 Å². The van der Waals surface area contributed by atoms with Crippen molar-refractivity contribution in [2.24, 2.45) is 0 Å². The number of benzene rings is 1. The average molecular weight is 355 g/mol. The third-order valence-electron chi connectivity index (χ3n) is 4.00. The molecule has 1 N–H and O–H groups in total. The number of nitrogens with one attached hydrogen (secondary N) is 1. The van der Waals surface area contributed by atoms with Gasteiger partial charge in [0.2, 0.25) is 15.9 Å². The third kappa shape index (κ3) is 6.15. The molecule has 0 atom stereocenters. The van der Waals surface area contributed by atoms with Gasteiger partial charge in [0.1, 0.15) is 0 Å². The minimum absolute atomic E-state index is 0.105. The molecule has 0 radical (unpaired) electrons. The smallest absolute Gasteiger partial charge is 0.232 e. The van der Waals surface area contributed by atoms with E-state index in [4.69, 9.17) is 0 Å². The van der Waals surface area contributed by atoms with Crippen LogP contribution in [0.4, 0.5) is 5.69 Å². The first kappa shape index (κ1) is 20.5. The molecule has 0 aromatic heterocycles. The highest BCUT2D eigenvalue weighted by atomic mass is 32.2. The van der Waals surface area contributed by atoms with Gasteiger partial charge in [0, 0.05) is 19.5 Å². The van der Waals surface area contributed by atoms with E-state index in [1.165, 1.54) is 10.6 Å². The van der Waals surface area contributed by atoms with Crippen LogP contribution in [0, 0.1) is 6.92 Å². The molecule has 0 spiro atoms. The molecule has 136 valence electrons. The van der Waals surface area contributed by atoms with Crippen molar-refractivity contribution >= 4 is 21.6 Å². The van der Waals surface area contributed by atoms with Crippen molar-refractivity contribution in [2.75, 3.05) is 23.7 Å². The van der Waals surface area contributed by atoms with Crippen molar-refractivity contribution in [2.45, 2.75) is 52.9 Å². The molecule has 0 unspecified atom stereocenters. The number of rotatable bonds is 10. The van der Waals surface area contributed by atoms with Gasteiger partial charge in [-0.15, -0.1) is 0 Å². The van der Waals surface area contributed by atoms with E-state index in [-0.39, 0.29) is 18.9 Å². The predicted molar refractivity (Wildman–Crippen MR) is 99.9 cm³/mol. The van der Waals surface area contributed by atoms with Crippen LogP contribution in [-0.2, 0) is 21.2 Å². The summed E-state index contributed by atoms with van der Waals surface area (Å²) in [5.74, 6) is -0.105. The molecule has 0 aliphatic rings. The van der Waals surface area contributed by atoms with Crippen LogP contribution < -0.4 is 9.62 Å². The molecular weight excluding hydrogens is 324 g/mol. The highest BCUT2D eigenvalue weighted by Crippen LogP contribution is 2.28. The molecule has 0 heterocycles. The Kier molecular flexibility index (Phi) is 8.25. The summed E-state index contributed by atoms with van der Waals surface area (Å²) in [7, 11) is -3.44. The Balaban J connectivity index is 2.84. The van der Waals surface area contributed by atoms with Gasteiger partial charge in [0.05, 0.1) is 11.9 Å². The lowest BCUT2D eigenvalue weighted by Gasteiger charge is -2.26. The van der Waals surface area contributed by atoms with Gasteiger partial charge in [-0.1, -0.05) is 44.9 Å². The van der Waals surface area contributed by atoms with Crippen LogP contribution in [0.5, 0.6) is 0 Å². The van der Waals surface area contributed by atoms with Crippen molar-refractivity contribution in [3.05, 3.63) is 29.3 Å². The van der Waals surface area contributed by atoms with E-state index >= 15 is 0 Å². The molecule has 24 heavy (non-hydrogen) atoms. The zero-order valence-corrected chi connectivity index (χ0v) is 16.1. The van der Waals surface area contributed by atoms with E-state index in [0.29, 0.717) is 12.2 Å². The number of aryl methyl sites for hydroxylation is 2. The largest absolute Gasteiger partial charge is 0.356 e. The number of hydrogen-bond acceptors (Lipinski definition) is 3. The fourth-order valence-corrected chi connectivity index (χ4v) is 3.72. The zero-order valence-electron chi connectivity index (χ0n) is 15.3. The standard InChI is InChI=1S/C18H30N2O3S/c1-5-7-8-13-19-17(21)12-14-20(24(4,22)23)18-15(3)10-9-11-16(18)6-2/h9-11H,5-8,12-14H2,1-4H3,(H,19,21). The summed E-state index contributed by atoms with van der Waals surface area (Å²) in [6.45, 7) is 6.82. The molecule has 1 aromatic rings. The maximum atomic E-state index is 12.3. The normalized spacial score (nSPS) is 11.3. The first-order valence-corrected chi connectivity index (χ1v) is 10.5. The van der Waals surface area contributed by atoms with E-state index in [1.54, 1.807) is 0 Å². The second-order valence-electron chi connectivity index (χ2n) is 6.08. The molecular formula is C18H30N2O3S. The van der Waals surface area contributed by atoms with Gasteiger partial charge in [-0.25, -0.2) is 8.42 Å². The summed E-state index contributed by atoms with van der Waals surface area (Å²) in [6.07, 6.45) is 5.24. The van der Waals surface area contributed by atoms with E-state index in [1.807, 2.05) is 32.0 Å². The molecule has 0 saturated carbocycles. The van der Waals surface area contributed by atoms with Crippen molar-refractivity contribution in [1.29, 1.82) is 0 Å². The highest BCUT2D eigenvalue weighted by Gasteiger charge is 2.22. The molecule has 1 rings (SSSR count). The molecule has 0 fully saturated rings. The Labute approximate surface area is 146 Å². The lowest BCUT2D eigenvalue weighted by Crippen LogP contribution is -2.35. The number of sulfonamides is 1. The number of carbonyl (C=O) groups is 1. The van der Waals surface area contributed by atoms with Crippen LogP contribution in [0.1, 0.15) is 50.7 Å². The van der Waals surface area contributed by atoms with E-state index in [2.05, 4.69) is 12.2 Å². The summed E-state index contributed by atoms with van der Waals surface area (Å²) < 4.78 is 25.9. The number of amides is 1. The van der Waals surface area contributed by atoms with Crippen molar-refractivity contribution in [3.8, 4) is 0 Å². The second kappa shape index (κ2) is 9.67. The number of hydrogen-bond donors (Lipinski definition) is 1. The monoisotopic (exact) mass is 354 g/mol. The minimum atomic E-state index is -3.44. The van der Waals surface area contributed by atoms with Gasteiger partial charge in [0.15, 0.2) is 0 Å². The Hall–Kier alpha value is -1.56. The summed E-state index contributed by atoms with van der Waals surface area (Å²) in [5.41, 5.74) is 2.59. The quantitative estimate of drug-likeness (QED) is 0.657. The van der Waals surface area contributed by atoms with Gasteiger partial charge in [-0.2, -0.15) is 0 Å². The lowest BCUT2D eigenvalue weighted by molar-refractivity contribution is -0.120. The number of unbranched alkanes of at least 4 members (excludes halogenated alkanes) is 2. The van der Waals surface area contributed by atoms with Crippen LogP contribution in [0.25, 0.3) is 0 Å². The first-order valence-electron chi connectivity index (χ1n) is 8.64. The van der Waals surface area contributed by atoms with Gasteiger partial charge >= 0.3 is 0 Å². The number of para-hydroxylation sites is 1. The van der Waals surface area contributed by atoms with Crippen molar-refractivity contribution in [1.82, 2.24) is 5.32 Å².